The van der Waals surface area contributed by atoms with Gasteiger partial charge in [-0.05, 0) is 36.7 Å². The fraction of sp³-hybridized carbons (Fsp3) is 0.667. The first-order valence-corrected chi connectivity index (χ1v) is 6.84. The van der Waals surface area contributed by atoms with Crippen molar-refractivity contribution in [2.24, 2.45) is 23.5 Å². The van der Waals surface area contributed by atoms with E-state index in [1.54, 1.807) is 12.3 Å². The first-order chi connectivity index (χ1) is 8.45. The number of hydrogen-bond donors (Lipinski definition) is 1. The van der Waals surface area contributed by atoms with E-state index in [4.69, 9.17) is 5.73 Å². The van der Waals surface area contributed by atoms with Crippen molar-refractivity contribution in [3.05, 3.63) is 29.8 Å². The largest absolute Gasteiger partial charge is 0.321 e. The number of aromatic nitrogens is 1. The highest BCUT2D eigenvalue weighted by atomic mass is 19.1. The lowest BCUT2D eigenvalue weighted by Crippen LogP contribution is -2.50. The molecule has 1 aliphatic rings. The van der Waals surface area contributed by atoms with E-state index in [1.165, 1.54) is 12.6 Å². The summed E-state index contributed by atoms with van der Waals surface area (Å²) in [6.07, 6.45) is 6.05. The molecule has 0 bridgehead atoms. The topological polar surface area (TPSA) is 38.9 Å². The normalized spacial score (nSPS) is 32.8. The van der Waals surface area contributed by atoms with Crippen molar-refractivity contribution >= 4 is 0 Å². The molecule has 1 heterocycles. The molecule has 18 heavy (non-hydrogen) atoms. The van der Waals surface area contributed by atoms with E-state index >= 15 is 0 Å². The molecule has 2 nitrogen and oxygen atoms in total. The predicted octanol–water partition coefficient (Wildman–Crippen LogP) is 3.47. The summed E-state index contributed by atoms with van der Waals surface area (Å²) in [5.74, 6) is 1.10. The van der Waals surface area contributed by atoms with Crippen LogP contribution in [0.1, 0.15) is 45.6 Å². The molecule has 1 fully saturated rings. The van der Waals surface area contributed by atoms with Gasteiger partial charge in [0.25, 0.3) is 0 Å². The smallest absolute Gasteiger partial charge is 0.146 e. The summed E-state index contributed by atoms with van der Waals surface area (Å²) in [5, 5.41) is 0. The molecule has 0 aliphatic heterocycles. The van der Waals surface area contributed by atoms with Crippen molar-refractivity contribution in [1.82, 2.24) is 4.98 Å². The molecule has 3 atom stereocenters. The number of nitrogens with two attached hydrogens (primary N) is 1. The van der Waals surface area contributed by atoms with Gasteiger partial charge in [-0.25, -0.2) is 4.39 Å². The molecule has 0 radical (unpaired) electrons. The molecule has 1 aromatic heterocycles. The predicted molar refractivity (Wildman–Crippen MR) is 71.4 cm³/mol. The average molecular weight is 250 g/mol. The Morgan fingerprint density at radius 3 is 2.78 bits per heavy atom. The Kier molecular flexibility index (Phi) is 3.71. The molecule has 3 unspecified atom stereocenters. The second kappa shape index (κ2) is 4.96. The van der Waals surface area contributed by atoms with Crippen LogP contribution in [0.5, 0.6) is 0 Å². The van der Waals surface area contributed by atoms with Crippen LogP contribution in [0.4, 0.5) is 4.39 Å². The standard InChI is InChI=1S/C15H23FN2/c1-10(2)12-5-4-11(3)8-15(12,17)13-6-7-18-9-14(13)16/h6-7,9-12H,4-5,8,17H2,1-3H3. The van der Waals surface area contributed by atoms with Gasteiger partial charge in [-0.1, -0.05) is 27.2 Å². The molecular weight excluding hydrogens is 227 g/mol. The van der Waals surface area contributed by atoms with Crippen LogP contribution in [0.3, 0.4) is 0 Å². The first kappa shape index (κ1) is 13.5. The molecule has 1 saturated carbocycles. The highest BCUT2D eigenvalue weighted by molar-refractivity contribution is 5.25. The Morgan fingerprint density at radius 1 is 1.44 bits per heavy atom. The number of pyridine rings is 1. The molecule has 3 heteroatoms. The van der Waals surface area contributed by atoms with Crippen molar-refractivity contribution in [2.45, 2.75) is 45.6 Å². The maximum Gasteiger partial charge on any atom is 0.146 e. The zero-order valence-electron chi connectivity index (χ0n) is 11.5. The van der Waals surface area contributed by atoms with Gasteiger partial charge in [-0.3, -0.25) is 4.98 Å². The van der Waals surface area contributed by atoms with Gasteiger partial charge in [0.2, 0.25) is 0 Å². The minimum atomic E-state index is -0.543. The Morgan fingerprint density at radius 2 is 2.17 bits per heavy atom. The Balaban J connectivity index is 2.44. The summed E-state index contributed by atoms with van der Waals surface area (Å²) < 4.78 is 14.0. The van der Waals surface area contributed by atoms with Gasteiger partial charge in [0, 0.05) is 17.3 Å². The lowest BCUT2D eigenvalue weighted by molar-refractivity contribution is 0.105. The number of nitrogens with zero attached hydrogens (tertiary/aromatic N) is 1. The van der Waals surface area contributed by atoms with E-state index in [-0.39, 0.29) is 5.82 Å². The highest BCUT2D eigenvalue weighted by Gasteiger charge is 2.43. The third kappa shape index (κ3) is 2.28. The molecule has 0 saturated heterocycles. The third-order valence-electron chi connectivity index (χ3n) is 4.40. The first-order valence-electron chi connectivity index (χ1n) is 6.84. The van der Waals surface area contributed by atoms with Crippen molar-refractivity contribution in [3.63, 3.8) is 0 Å². The van der Waals surface area contributed by atoms with E-state index in [1.807, 2.05) is 0 Å². The zero-order valence-corrected chi connectivity index (χ0v) is 11.5. The average Bonchev–Trinajstić information content (AvgIpc) is 2.28. The summed E-state index contributed by atoms with van der Waals surface area (Å²) in [6.45, 7) is 6.57. The monoisotopic (exact) mass is 250 g/mol. The van der Waals surface area contributed by atoms with Gasteiger partial charge >= 0.3 is 0 Å². The van der Waals surface area contributed by atoms with Gasteiger partial charge in [0.05, 0.1) is 6.20 Å². The molecule has 2 rings (SSSR count). The third-order valence-corrected chi connectivity index (χ3v) is 4.40. The van der Waals surface area contributed by atoms with E-state index in [9.17, 15) is 4.39 Å². The van der Waals surface area contributed by atoms with E-state index in [0.717, 1.165) is 12.8 Å². The number of halogens is 1. The van der Waals surface area contributed by atoms with Crippen LogP contribution in [-0.4, -0.2) is 4.98 Å². The van der Waals surface area contributed by atoms with Gasteiger partial charge in [-0.2, -0.15) is 0 Å². The maximum absolute atomic E-state index is 14.0. The lowest BCUT2D eigenvalue weighted by atomic mass is 9.63. The lowest BCUT2D eigenvalue weighted by Gasteiger charge is -2.46. The Hall–Kier alpha value is -0.960. The van der Waals surface area contributed by atoms with Crippen LogP contribution in [-0.2, 0) is 5.54 Å². The molecule has 100 valence electrons. The van der Waals surface area contributed by atoms with Gasteiger partial charge in [0.1, 0.15) is 5.82 Å². The summed E-state index contributed by atoms with van der Waals surface area (Å²) >= 11 is 0. The summed E-state index contributed by atoms with van der Waals surface area (Å²) in [7, 11) is 0. The van der Waals surface area contributed by atoms with Crippen LogP contribution in [0, 0.1) is 23.6 Å². The quantitative estimate of drug-likeness (QED) is 0.873. The minimum Gasteiger partial charge on any atom is -0.321 e. The summed E-state index contributed by atoms with van der Waals surface area (Å²) in [6, 6.07) is 1.75. The van der Waals surface area contributed by atoms with Crippen LogP contribution in [0.25, 0.3) is 0 Å². The van der Waals surface area contributed by atoms with E-state index in [0.29, 0.717) is 23.3 Å². The van der Waals surface area contributed by atoms with E-state index in [2.05, 4.69) is 25.8 Å². The molecule has 0 amide bonds. The molecule has 0 aromatic carbocycles. The minimum absolute atomic E-state index is 0.264. The Bertz CT molecular complexity index is 419. The molecule has 2 N–H and O–H groups in total. The van der Waals surface area contributed by atoms with Crippen LogP contribution in [0.2, 0.25) is 0 Å². The molecule has 1 aromatic rings. The highest BCUT2D eigenvalue weighted by Crippen LogP contribution is 2.45. The fourth-order valence-corrected chi connectivity index (χ4v) is 3.54. The Labute approximate surface area is 109 Å². The van der Waals surface area contributed by atoms with E-state index < -0.39 is 5.54 Å². The van der Waals surface area contributed by atoms with Gasteiger partial charge in [0.15, 0.2) is 0 Å². The van der Waals surface area contributed by atoms with Gasteiger partial charge in [-0.15, -0.1) is 0 Å². The molecule has 0 spiro atoms. The maximum atomic E-state index is 14.0. The number of rotatable bonds is 2. The van der Waals surface area contributed by atoms with Crippen molar-refractivity contribution < 1.29 is 4.39 Å². The second-order valence-electron chi connectivity index (χ2n) is 6.13. The van der Waals surface area contributed by atoms with Crippen LogP contribution >= 0.6 is 0 Å². The molecular formula is C15H23FN2. The van der Waals surface area contributed by atoms with Crippen molar-refractivity contribution in [3.8, 4) is 0 Å². The fourth-order valence-electron chi connectivity index (χ4n) is 3.54. The van der Waals surface area contributed by atoms with Crippen molar-refractivity contribution in [2.75, 3.05) is 0 Å². The zero-order chi connectivity index (χ0) is 13.3. The second-order valence-corrected chi connectivity index (χ2v) is 6.13. The summed E-state index contributed by atoms with van der Waals surface area (Å²) in [4.78, 5) is 3.83. The SMILES string of the molecule is CC1CCC(C(C)C)C(N)(c2ccncc2F)C1. The van der Waals surface area contributed by atoms with Crippen molar-refractivity contribution in [1.29, 1.82) is 0 Å². The van der Waals surface area contributed by atoms with Gasteiger partial charge < -0.3 is 5.73 Å². The molecule has 1 aliphatic carbocycles. The van der Waals surface area contributed by atoms with Crippen LogP contribution in [0.15, 0.2) is 18.5 Å². The number of hydrogen-bond acceptors (Lipinski definition) is 2. The summed E-state index contributed by atoms with van der Waals surface area (Å²) in [5.41, 5.74) is 6.75. The van der Waals surface area contributed by atoms with Crippen LogP contribution < -0.4 is 5.73 Å².